The number of hydrogen-bond donors (Lipinski definition) is 0. The minimum atomic E-state index is -0.772. The van der Waals surface area contributed by atoms with Crippen molar-refractivity contribution < 1.29 is 32.9 Å². The van der Waals surface area contributed by atoms with E-state index in [4.69, 9.17) is 41.8 Å². The first-order chi connectivity index (χ1) is 27.3. The number of carbonyl (C=O) groups is 2. The lowest BCUT2D eigenvalue weighted by atomic mass is 10.1. The number of benzene rings is 2. The Balaban J connectivity index is 0.893. The van der Waals surface area contributed by atoms with Gasteiger partial charge in [0.25, 0.3) is 0 Å². The number of esters is 2. The van der Waals surface area contributed by atoms with Crippen LogP contribution in [0.3, 0.4) is 0 Å². The quantitative estimate of drug-likeness (QED) is 0.0627. The van der Waals surface area contributed by atoms with Crippen LogP contribution in [-0.4, -0.2) is 62.8 Å². The van der Waals surface area contributed by atoms with E-state index in [0.717, 1.165) is 21.8 Å². The summed E-state index contributed by atoms with van der Waals surface area (Å²) in [7, 11) is 0. The van der Waals surface area contributed by atoms with Gasteiger partial charge in [-0.25, -0.2) is 23.9 Å². The number of aromatic nitrogens is 4. The molecule has 56 heavy (non-hydrogen) atoms. The van der Waals surface area contributed by atoms with Crippen LogP contribution in [-0.2, 0) is 18.9 Å². The van der Waals surface area contributed by atoms with Crippen LogP contribution >= 0.6 is 22.7 Å². The topological polar surface area (TPSA) is 131 Å². The molecule has 0 aliphatic carbocycles. The average molecular weight is 785 g/mol. The normalized spacial score (nSPS) is 15.4. The fourth-order valence-electron chi connectivity index (χ4n) is 6.54. The van der Waals surface area contributed by atoms with E-state index in [-0.39, 0.29) is 18.2 Å². The van der Waals surface area contributed by atoms with Crippen molar-refractivity contribution in [1.29, 1.82) is 0 Å². The van der Waals surface area contributed by atoms with Crippen LogP contribution in [0.1, 0.15) is 88.9 Å². The van der Waals surface area contributed by atoms with Gasteiger partial charge < -0.3 is 18.9 Å². The number of imidazole rings is 2. The molecule has 4 aromatic heterocycles. The molecule has 0 radical (unpaired) electrons. The maximum atomic E-state index is 15.0. The van der Waals surface area contributed by atoms with Gasteiger partial charge in [0.2, 0.25) is 0 Å². The summed E-state index contributed by atoms with van der Waals surface area (Å²) >= 11 is 2.74. The molecule has 2 atom stereocenters. The van der Waals surface area contributed by atoms with Gasteiger partial charge in [0.05, 0.1) is 65.8 Å². The highest BCUT2D eigenvalue weighted by Gasteiger charge is 2.33. The molecule has 278 valence electrons. The molecule has 0 N–H and O–H groups in total. The summed E-state index contributed by atoms with van der Waals surface area (Å²) in [5.74, 6) is 3.40. The number of fused-ring (bicyclic) bond motifs is 6. The summed E-state index contributed by atoms with van der Waals surface area (Å²) in [6.45, 7) is 2.34. The zero-order chi connectivity index (χ0) is 38.9. The fourth-order valence-corrected chi connectivity index (χ4v) is 8.49. The Morgan fingerprint density at radius 3 is 1.77 bits per heavy atom. The summed E-state index contributed by atoms with van der Waals surface area (Å²) < 4.78 is 39.9. The lowest BCUT2D eigenvalue weighted by molar-refractivity contribution is -0.146. The van der Waals surface area contributed by atoms with Crippen molar-refractivity contribution in [3.05, 3.63) is 139 Å². The molecule has 8 rings (SSSR count). The SMILES string of the molecule is C#Cc1cc2c(s1)C(c1ccccc1)=NC(C)c1c(C(=O)OCOCOCOC(=O)c3ncn4c3C(C)N=C(c3ccccc3F)c3sc(C#C)cc3-4)ncn1-2. The predicted octanol–water partition coefficient (Wildman–Crippen LogP) is 7.03. The van der Waals surface area contributed by atoms with Crippen molar-refractivity contribution >= 4 is 46.0 Å². The Morgan fingerprint density at radius 2 is 1.23 bits per heavy atom. The monoisotopic (exact) mass is 784 g/mol. The molecule has 2 unspecified atom stereocenters. The third-order valence-corrected chi connectivity index (χ3v) is 11.1. The second kappa shape index (κ2) is 15.3. The number of halogens is 1. The number of rotatable bonds is 10. The van der Waals surface area contributed by atoms with Crippen molar-refractivity contribution in [3.63, 3.8) is 0 Å². The Hall–Kier alpha value is -6.49. The molecular weight excluding hydrogens is 756 g/mol. The van der Waals surface area contributed by atoms with E-state index < -0.39 is 43.4 Å². The first-order valence-electron chi connectivity index (χ1n) is 17.1. The fraction of sp³-hybridized carbons (Fsp3) is 0.171. The standard InChI is InChI=1S/C41H29FN6O6S2/c1-5-26-16-30-38(55-26)32(25-12-8-7-9-13-25)45-23(3)36-34(43-18-47(30)36)40(49)53-21-51-20-52-22-54-41(50)35-37-24(4)46-33(28-14-10-11-15-29(28)42)39-31(48(37)19-44-35)17-27(6-2)56-39/h1-2,7-19,23-24H,20-22H2,3-4H3. The highest BCUT2D eigenvalue weighted by Crippen LogP contribution is 2.38. The minimum Gasteiger partial charge on any atom is -0.434 e. The number of ether oxygens (including phenoxy) is 4. The highest BCUT2D eigenvalue weighted by atomic mass is 32.1. The Kier molecular flexibility index (Phi) is 9.99. The van der Waals surface area contributed by atoms with E-state index in [1.54, 1.807) is 42.1 Å². The Bertz CT molecular complexity index is 2660. The van der Waals surface area contributed by atoms with Crippen LogP contribution in [0.4, 0.5) is 4.39 Å². The van der Waals surface area contributed by atoms with Crippen LogP contribution in [0.2, 0.25) is 0 Å². The molecule has 0 spiro atoms. The number of terminal acetylenes is 2. The zero-order valence-corrected chi connectivity index (χ0v) is 31.4. The average Bonchev–Trinajstić information content (AvgIpc) is 4.01. The van der Waals surface area contributed by atoms with Gasteiger partial charge in [-0.2, -0.15) is 0 Å². The molecule has 6 aromatic rings. The van der Waals surface area contributed by atoms with Gasteiger partial charge in [-0.15, -0.1) is 35.5 Å². The minimum absolute atomic E-state index is 0.00706. The van der Waals surface area contributed by atoms with E-state index in [0.29, 0.717) is 43.0 Å². The lowest BCUT2D eigenvalue weighted by Gasteiger charge is -2.12. The van der Waals surface area contributed by atoms with E-state index in [2.05, 4.69) is 21.8 Å². The molecule has 0 saturated heterocycles. The van der Waals surface area contributed by atoms with Crippen molar-refractivity contribution in [1.82, 2.24) is 19.1 Å². The van der Waals surface area contributed by atoms with E-state index in [1.165, 1.54) is 35.1 Å². The lowest BCUT2D eigenvalue weighted by Crippen LogP contribution is -2.16. The molecule has 15 heteroatoms. The number of hydrogen-bond acceptors (Lipinski definition) is 12. The molecule has 0 fully saturated rings. The van der Waals surface area contributed by atoms with Crippen molar-refractivity contribution in [2.45, 2.75) is 25.9 Å². The maximum absolute atomic E-state index is 15.0. The molecular formula is C41H29FN6O6S2. The van der Waals surface area contributed by atoms with E-state index in [9.17, 15) is 14.0 Å². The maximum Gasteiger partial charge on any atom is 0.361 e. The largest absolute Gasteiger partial charge is 0.434 e. The van der Waals surface area contributed by atoms with Gasteiger partial charge in [0.1, 0.15) is 18.5 Å². The van der Waals surface area contributed by atoms with Gasteiger partial charge in [-0.3, -0.25) is 19.1 Å². The summed E-state index contributed by atoms with van der Waals surface area (Å²) in [6, 6.07) is 18.7. The Morgan fingerprint density at radius 1 is 0.732 bits per heavy atom. The van der Waals surface area contributed by atoms with Crippen molar-refractivity contribution in [2.75, 3.05) is 20.4 Å². The molecule has 0 bridgehead atoms. The van der Waals surface area contributed by atoms with Crippen LogP contribution < -0.4 is 0 Å². The number of aliphatic imine (C=N–C) groups is 2. The van der Waals surface area contributed by atoms with Gasteiger partial charge in [0.15, 0.2) is 31.8 Å². The molecule has 12 nitrogen and oxygen atoms in total. The third-order valence-electron chi connectivity index (χ3n) is 8.98. The molecule has 6 heterocycles. The molecule has 0 amide bonds. The summed E-state index contributed by atoms with van der Waals surface area (Å²) in [4.78, 5) is 47.8. The van der Waals surface area contributed by atoms with Gasteiger partial charge in [0, 0.05) is 11.1 Å². The summed E-state index contributed by atoms with van der Waals surface area (Å²) in [5.41, 5.74) is 4.87. The summed E-state index contributed by atoms with van der Waals surface area (Å²) in [6.07, 6.45) is 14.5. The number of nitrogens with zero attached hydrogens (tertiary/aromatic N) is 6. The van der Waals surface area contributed by atoms with Crippen LogP contribution in [0, 0.1) is 30.5 Å². The number of carbonyl (C=O) groups excluding carboxylic acids is 2. The number of thiophene rings is 2. The Labute approximate surface area is 327 Å². The van der Waals surface area contributed by atoms with Gasteiger partial charge in [-0.1, -0.05) is 54.3 Å². The van der Waals surface area contributed by atoms with Crippen LogP contribution in [0.25, 0.3) is 11.4 Å². The van der Waals surface area contributed by atoms with Gasteiger partial charge >= 0.3 is 11.9 Å². The third kappa shape index (κ3) is 6.63. The first-order valence-corrected chi connectivity index (χ1v) is 18.7. The first kappa shape index (κ1) is 36.5. The molecule has 2 aromatic carbocycles. The van der Waals surface area contributed by atoms with Crippen LogP contribution in [0.15, 0.2) is 89.4 Å². The van der Waals surface area contributed by atoms with E-state index in [1.807, 2.05) is 47.9 Å². The second-order valence-electron chi connectivity index (χ2n) is 12.4. The van der Waals surface area contributed by atoms with E-state index >= 15 is 0 Å². The smallest absolute Gasteiger partial charge is 0.361 e. The van der Waals surface area contributed by atoms with Crippen molar-refractivity contribution in [2.24, 2.45) is 9.98 Å². The van der Waals surface area contributed by atoms with Crippen molar-refractivity contribution in [3.8, 4) is 36.1 Å². The second-order valence-corrected chi connectivity index (χ2v) is 14.5. The molecule has 2 aliphatic heterocycles. The zero-order valence-electron chi connectivity index (χ0n) is 29.8. The van der Waals surface area contributed by atoms with Gasteiger partial charge in [-0.05, 0) is 38.1 Å². The summed E-state index contributed by atoms with van der Waals surface area (Å²) in [5, 5.41) is 0. The van der Waals surface area contributed by atoms with Crippen LogP contribution in [0.5, 0.6) is 0 Å². The molecule has 2 aliphatic rings. The predicted molar refractivity (Wildman–Crippen MR) is 207 cm³/mol. The molecule has 0 saturated carbocycles. The highest BCUT2D eigenvalue weighted by molar-refractivity contribution is 7.15.